The zero-order valence-corrected chi connectivity index (χ0v) is 20.6. The number of fused-ring (bicyclic) bond motifs is 2. The lowest BCUT2D eigenvalue weighted by atomic mass is 10.1. The summed E-state index contributed by atoms with van der Waals surface area (Å²) in [7, 11) is 0. The summed E-state index contributed by atoms with van der Waals surface area (Å²) >= 11 is 6.75. The van der Waals surface area contributed by atoms with Crippen LogP contribution in [0.15, 0.2) is 65.6 Å². The molecule has 5 rings (SSSR count). The van der Waals surface area contributed by atoms with Crippen molar-refractivity contribution in [3.63, 3.8) is 0 Å². The van der Waals surface area contributed by atoms with Crippen molar-refractivity contribution in [2.75, 3.05) is 18.7 Å². The van der Waals surface area contributed by atoms with Gasteiger partial charge in [0.1, 0.15) is 4.32 Å². The molecule has 8 heteroatoms. The van der Waals surface area contributed by atoms with Gasteiger partial charge < -0.3 is 14.8 Å². The van der Waals surface area contributed by atoms with Crippen LogP contribution in [0.25, 0.3) is 16.8 Å². The van der Waals surface area contributed by atoms with Crippen molar-refractivity contribution >= 4 is 62.7 Å². The number of carbonyl (C=O) groups excluding carboxylic acids is 2. The fourth-order valence-electron chi connectivity index (χ4n) is 4.13. The smallest absolute Gasteiger partial charge is 0.266 e. The van der Waals surface area contributed by atoms with Gasteiger partial charge in [-0.15, -0.1) is 0 Å². The van der Waals surface area contributed by atoms with E-state index in [9.17, 15) is 9.59 Å². The average Bonchev–Trinajstić information content (AvgIpc) is 3.43. The molecule has 2 heterocycles. The molecule has 0 aromatic heterocycles. The topological polar surface area (TPSA) is 67.9 Å². The zero-order valence-electron chi connectivity index (χ0n) is 19.0. The van der Waals surface area contributed by atoms with Gasteiger partial charge in [0, 0.05) is 24.0 Å². The van der Waals surface area contributed by atoms with Crippen molar-refractivity contribution < 1.29 is 19.1 Å². The number of ether oxygens (including phenoxy) is 2. The molecule has 6 nitrogen and oxygen atoms in total. The van der Waals surface area contributed by atoms with Gasteiger partial charge in [-0.25, -0.2) is 0 Å². The molecular weight excluding hydrogens is 480 g/mol. The second-order valence-electron chi connectivity index (χ2n) is 8.33. The second kappa shape index (κ2) is 10.5. The molecule has 35 heavy (non-hydrogen) atoms. The van der Waals surface area contributed by atoms with Gasteiger partial charge in [-0.05, 0) is 48.1 Å². The van der Waals surface area contributed by atoms with Crippen LogP contribution < -0.4 is 14.8 Å². The van der Waals surface area contributed by atoms with Gasteiger partial charge in [0.2, 0.25) is 12.7 Å². The number of hydrogen-bond donors (Lipinski definition) is 1. The van der Waals surface area contributed by atoms with Gasteiger partial charge >= 0.3 is 0 Å². The monoisotopic (exact) mass is 504 g/mol. The van der Waals surface area contributed by atoms with Crippen molar-refractivity contribution in [1.82, 2.24) is 4.90 Å². The fourth-order valence-corrected chi connectivity index (χ4v) is 5.43. The SMILES string of the molecule is O=C(CCCCCN1C(=O)C(=Cc2ccc3c(c2)OCO3)SC1=S)Nc1cccc2ccccc12. The Morgan fingerprint density at radius 3 is 2.77 bits per heavy atom. The minimum atomic E-state index is -0.0774. The van der Waals surface area contributed by atoms with Crippen LogP contribution in [-0.2, 0) is 9.59 Å². The number of thiocarbonyl (C=S) groups is 1. The normalized spacial score (nSPS) is 15.9. The highest BCUT2D eigenvalue weighted by Crippen LogP contribution is 2.36. The van der Waals surface area contributed by atoms with Gasteiger partial charge in [-0.2, -0.15) is 0 Å². The van der Waals surface area contributed by atoms with Crippen LogP contribution >= 0.6 is 24.0 Å². The lowest BCUT2D eigenvalue weighted by Crippen LogP contribution is -2.29. The molecule has 0 bridgehead atoms. The lowest BCUT2D eigenvalue weighted by molar-refractivity contribution is -0.122. The predicted octanol–water partition coefficient (Wildman–Crippen LogP) is 5.97. The van der Waals surface area contributed by atoms with Gasteiger partial charge in [0.05, 0.1) is 4.91 Å². The van der Waals surface area contributed by atoms with Gasteiger partial charge in [0.15, 0.2) is 11.5 Å². The largest absolute Gasteiger partial charge is 0.454 e. The number of thioether (sulfide) groups is 1. The molecule has 1 fully saturated rings. The summed E-state index contributed by atoms with van der Waals surface area (Å²) in [5.74, 6) is 1.31. The summed E-state index contributed by atoms with van der Waals surface area (Å²) in [6, 6.07) is 19.5. The Labute approximate surface area is 213 Å². The van der Waals surface area contributed by atoms with Crippen molar-refractivity contribution in [1.29, 1.82) is 0 Å². The lowest BCUT2D eigenvalue weighted by Gasteiger charge is -2.14. The van der Waals surface area contributed by atoms with E-state index in [1.165, 1.54) is 11.8 Å². The summed E-state index contributed by atoms with van der Waals surface area (Å²) in [6.07, 6.45) is 4.63. The molecule has 2 aliphatic heterocycles. The molecule has 2 aliphatic rings. The molecule has 3 aromatic carbocycles. The van der Waals surface area contributed by atoms with Crippen molar-refractivity contribution in [2.24, 2.45) is 0 Å². The van der Waals surface area contributed by atoms with E-state index < -0.39 is 0 Å². The van der Waals surface area contributed by atoms with Crippen molar-refractivity contribution in [3.8, 4) is 11.5 Å². The van der Waals surface area contributed by atoms with E-state index >= 15 is 0 Å². The summed E-state index contributed by atoms with van der Waals surface area (Å²) in [5, 5.41) is 5.16. The summed E-state index contributed by atoms with van der Waals surface area (Å²) in [6.45, 7) is 0.764. The van der Waals surface area contributed by atoms with E-state index in [4.69, 9.17) is 21.7 Å². The second-order valence-corrected chi connectivity index (χ2v) is 10.0. The Morgan fingerprint density at radius 1 is 1.03 bits per heavy atom. The Morgan fingerprint density at radius 2 is 1.86 bits per heavy atom. The van der Waals surface area contributed by atoms with Gasteiger partial charge in [-0.3, -0.25) is 14.5 Å². The standard InChI is InChI=1S/C27H24N2O4S2/c30-25(28-21-10-6-8-19-7-3-4-9-20(19)21)11-2-1-5-14-29-26(31)24(35-27(29)34)16-18-12-13-22-23(15-18)33-17-32-22/h3-4,6-10,12-13,15-16H,1-2,5,11,14,17H2,(H,28,30). The number of nitrogens with one attached hydrogen (secondary N) is 1. The van der Waals surface area contributed by atoms with E-state index in [-0.39, 0.29) is 18.6 Å². The first-order valence-electron chi connectivity index (χ1n) is 11.5. The van der Waals surface area contributed by atoms with Crippen LogP contribution in [-0.4, -0.2) is 34.4 Å². The molecule has 178 valence electrons. The first-order chi connectivity index (χ1) is 17.1. The van der Waals surface area contributed by atoms with Crippen molar-refractivity contribution in [3.05, 3.63) is 71.1 Å². The van der Waals surface area contributed by atoms with Gasteiger partial charge in [-0.1, -0.05) is 72.9 Å². The van der Waals surface area contributed by atoms with Crippen LogP contribution in [0.4, 0.5) is 5.69 Å². The van der Waals surface area contributed by atoms with Crippen LogP contribution in [0.5, 0.6) is 11.5 Å². The fraction of sp³-hybridized carbons (Fsp3) is 0.222. The molecule has 0 aliphatic carbocycles. The molecule has 1 saturated heterocycles. The molecule has 2 amide bonds. The summed E-state index contributed by atoms with van der Waals surface area (Å²) in [5.41, 5.74) is 1.70. The van der Waals surface area contributed by atoms with Gasteiger partial charge in [0.25, 0.3) is 5.91 Å². The van der Waals surface area contributed by atoms with Crippen LogP contribution in [0.2, 0.25) is 0 Å². The minimum absolute atomic E-state index is 0.00127. The molecule has 0 saturated carbocycles. The van der Waals surface area contributed by atoms with Crippen LogP contribution in [0, 0.1) is 0 Å². The Hall–Kier alpha value is -3.36. The number of carbonyl (C=O) groups is 2. The third kappa shape index (κ3) is 5.33. The van der Waals surface area contributed by atoms with Crippen molar-refractivity contribution in [2.45, 2.75) is 25.7 Å². The quantitative estimate of drug-likeness (QED) is 0.232. The first-order valence-corrected chi connectivity index (χ1v) is 12.7. The predicted molar refractivity (Wildman–Crippen MR) is 143 cm³/mol. The maximum Gasteiger partial charge on any atom is 0.266 e. The minimum Gasteiger partial charge on any atom is -0.454 e. The zero-order chi connectivity index (χ0) is 24.2. The molecule has 0 atom stereocenters. The van der Waals surface area contributed by atoms with E-state index in [1.807, 2.05) is 66.7 Å². The molecule has 0 spiro atoms. The number of amides is 2. The molecule has 0 unspecified atom stereocenters. The van der Waals surface area contributed by atoms with Crippen LogP contribution in [0.1, 0.15) is 31.2 Å². The highest BCUT2D eigenvalue weighted by molar-refractivity contribution is 8.26. The molecule has 1 N–H and O–H groups in total. The Kier molecular flexibility index (Phi) is 7.01. The van der Waals surface area contributed by atoms with E-state index in [2.05, 4.69) is 5.32 Å². The maximum absolute atomic E-state index is 12.9. The van der Waals surface area contributed by atoms with E-state index in [1.54, 1.807) is 4.90 Å². The molecule has 0 radical (unpaired) electrons. The summed E-state index contributed by atoms with van der Waals surface area (Å²) in [4.78, 5) is 27.6. The number of rotatable bonds is 8. The molecule has 3 aromatic rings. The number of hydrogen-bond acceptors (Lipinski definition) is 6. The van der Waals surface area contributed by atoms with E-state index in [0.29, 0.717) is 33.7 Å². The Balaban J connectivity index is 1.09. The number of unbranched alkanes of at least 4 members (excludes halogenated alkanes) is 2. The maximum atomic E-state index is 12.9. The van der Waals surface area contributed by atoms with E-state index in [0.717, 1.165) is 41.3 Å². The third-order valence-corrected chi connectivity index (χ3v) is 7.30. The highest BCUT2D eigenvalue weighted by atomic mass is 32.2. The number of benzene rings is 3. The summed E-state index contributed by atoms with van der Waals surface area (Å²) < 4.78 is 11.3. The first kappa shape index (κ1) is 23.4. The molecular formula is C27H24N2O4S2. The average molecular weight is 505 g/mol. The van der Waals surface area contributed by atoms with Crippen LogP contribution in [0.3, 0.4) is 0 Å². The number of nitrogens with zero attached hydrogens (tertiary/aromatic N) is 1. The number of anilines is 1. The third-order valence-electron chi connectivity index (χ3n) is 5.92. The Bertz CT molecular complexity index is 1330. The highest BCUT2D eigenvalue weighted by Gasteiger charge is 2.31.